The van der Waals surface area contributed by atoms with Gasteiger partial charge in [0.1, 0.15) is 9.75 Å². The first-order chi connectivity index (χ1) is 10.7. The fourth-order valence-corrected chi connectivity index (χ4v) is 2.59. The van der Waals surface area contributed by atoms with Crippen LogP contribution < -0.4 is 10.6 Å². The van der Waals surface area contributed by atoms with Crippen LogP contribution in [-0.2, 0) is 20.9 Å². The third-order valence-corrected chi connectivity index (χ3v) is 4.69. The summed E-state index contributed by atoms with van der Waals surface area (Å²) in [5.41, 5.74) is -0.116. The summed E-state index contributed by atoms with van der Waals surface area (Å²) in [5.74, 6) is -1.40. The maximum Gasteiger partial charge on any atom is 0.321 e. The second-order valence-electron chi connectivity index (χ2n) is 5.51. The Morgan fingerprint density at radius 2 is 1.83 bits per heavy atom. The van der Waals surface area contributed by atoms with E-state index in [9.17, 15) is 14.4 Å². The molecule has 0 unspecified atom stereocenters. The lowest BCUT2D eigenvalue weighted by Gasteiger charge is -2.11. The zero-order chi connectivity index (χ0) is 17.1. The Labute approximate surface area is 143 Å². The Balaban J connectivity index is 1.68. The maximum atomic E-state index is 11.8. The highest BCUT2D eigenvalue weighted by Gasteiger charge is 2.69. The molecule has 1 aliphatic rings. The van der Waals surface area contributed by atoms with Crippen LogP contribution in [0.1, 0.15) is 18.9 Å². The number of imide groups is 1. The number of urea groups is 1. The SMILES string of the molecule is C[C@]1(C(=O)OCC(=O)NC(=O)NCc2ccccc2)CC1(Cl)Cl. The summed E-state index contributed by atoms with van der Waals surface area (Å²) in [6.07, 6.45) is 0.265. The largest absolute Gasteiger partial charge is 0.455 e. The molecule has 0 bridgehead atoms. The number of hydrogen-bond acceptors (Lipinski definition) is 4. The molecule has 0 radical (unpaired) electrons. The molecule has 124 valence electrons. The number of amides is 3. The van der Waals surface area contributed by atoms with E-state index in [2.05, 4.69) is 10.6 Å². The zero-order valence-corrected chi connectivity index (χ0v) is 13.9. The molecule has 2 N–H and O–H groups in total. The van der Waals surface area contributed by atoms with Gasteiger partial charge >= 0.3 is 12.0 Å². The fourth-order valence-electron chi connectivity index (χ4n) is 1.90. The van der Waals surface area contributed by atoms with Crippen LogP contribution in [0.5, 0.6) is 0 Å². The normalized spacial score (nSPS) is 21.2. The van der Waals surface area contributed by atoms with Crippen molar-refractivity contribution in [3.05, 3.63) is 35.9 Å². The standard InChI is InChI=1S/C15H16Cl2N2O4/c1-14(9-15(14,16)17)12(21)23-8-11(20)19-13(22)18-7-10-5-3-2-4-6-10/h2-6H,7-9H2,1H3,(H2,18,19,20,22)/t14-/m1/s1. The summed E-state index contributed by atoms with van der Waals surface area (Å²) in [6.45, 7) is 1.26. The minimum atomic E-state index is -1.16. The molecule has 3 amide bonds. The number of halogens is 2. The van der Waals surface area contributed by atoms with Crippen molar-refractivity contribution in [3.8, 4) is 0 Å². The van der Waals surface area contributed by atoms with E-state index in [4.69, 9.17) is 27.9 Å². The molecule has 1 atom stereocenters. The number of benzene rings is 1. The van der Waals surface area contributed by atoms with Gasteiger partial charge in [-0.15, -0.1) is 23.2 Å². The molecule has 1 aliphatic carbocycles. The predicted octanol–water partition coefficient (Wildman–Crippen LogP) is 2.14. The first-order valence-corrected chi connectivity index (χ1v) is 7.67. The maximum absolute atomic E-state index is 11.8. The first-order valence-electron chi connectivity index (χ1n) is 6.91. The van der Waals surface area contributed by atoms with Crippen molar-refractivity contribution in [2.45, 2.75) is 24.2 Å². The van der Waals surface area contributed by atoms with E-state index in [1.54, 1.807) is 6.92 Å². The van der Waals surface area contributed by atoms with E-state index in [1.165, 1.54) is 0 Å². The number of hydrogen-bond donors (Lipinski definition) is 2. The van der Waals surface area contributed by atoms with Crippen LogP contribution in [-0.4, -0.2) is 28.8 Å². The van der Waals surface area contributed by atoms with Crippen LogP contribution in [0.15, 0.2) is 30.3 Å². The number of esters is 1. The molecular weight excluding hydrogens is 343 g/mol. The van der Waals surface area contributed by atoms with Crippen LogP contribution in [0.2, 0.25) is 0 Å². The van der Waals surface area contributed by atoms with E-state index in [0.717, 1.165) is 5.56 Å². The number of carbonyl (C=O) groups is 3. The number of alkyl halides is 2. The summed E-state index contributed by atoms with van der Waals surface area (Å²) >= 11 is 11.7. The van der Waals surface area contributed by atoms with Gasteiger partial charge in [0.05, 0.1) is 0 Å². The van der Waals surface area contributed by atoms with Crippen LogP contribution in [0, 0.1) is 5.41 Å². The van der Waals surface area contributed by atoms with Crippen molar-refractivity contribution in [2.24, 2.45) is 5.41 Å². The van der Waals surface area contributed by atoms with Gasteiger partial charge in [0.2, 0.25) is 0 Å². The second-order valence-corrected chi connectivity index (χ2v) is 6.99. The molecule has 23 heavy (non-hydrogen) atoms. The Morgan fingerprint density at radius 1 is 1.22 bits per heavy atom. The molecule has 2 rings (SSSR count). The molecule has 8 heteroatoms. The van der Waals surface area contributed by atoms with Gasteiger partial charge in [-0.05, 0) is 12.5 Å². The number of ether oxygens (including phenoxy) is 1. The molecule has 0 heterocycles. The highest BCUT2D eigenvalue weighted by atomic mass is 35.5. The van der Waals surface area contributed by atoms with E-state index in [1.807, 2.05) is 30.3 Å². The zero-order valence-electron chi connectivity index (χ0n) is 12.4. The van der Waals surface area contributed by atoms with Gasteiger partial charge in [-0.2, -0.15) is 0 Å². The quantitative estimate of drug-likeness (QED) is 0.623. The number of nitrogens with one attached hydrogen (secondary N) is 2. The molecule has 0 saturated heterocycles. The van der Waals surface area contributed by atoms with Crippen LogP contribution >= 0.6 is 23.2 Å². The second kappa shape index (κ2) is 6.76. The average Bonchev–Trinajstić information content (AvgIpc) is 3.03. The van der Waals surface area contributed by atoms with Crippen molar-refractivity contribution in [2.75, 3.05) is 6.61 Å². The van der Waals surface area contributed by atoms with Gasteiger partial charge in [-0.3, -0.25) is 14.9 Å². The van der Waals surface area contributed by atoms with E-state index in [0.29, 0.717) is 0 Å². The summed E-state index contributed by atoms with van der Waals surface area (Å²) in [7, 11) is 0. The van der Waals surface area contributed by atoms with Crippen molar-refractivity contribution in [1.82, 2.24) is 10.6 Å². The molecule has 0 aliphatic heterocycles. The lowest BCUT2D eigenvalue weighted by atomic mass is 10.1. The van der Waals surface area contributed by atoms with E-state index in [-0.39, 0.29) is 13.0 Å². The summed E-state index contributed by atoms with van der Waals surface area (Å²) in [5, 5.41) is 4.59. The van der Waals surface area contributed by atoms with Crippen LogP contribution in [0.25, 0.3) is 0 Å². The average molecular weight is 359 g/mol. The van der Waals surface area contributed by atoms with E-state index >= 15 is 0 Å². The Kier molecular flexibility index (Phi) is 5.16. The fraction of sp³-hybridized carbons (Fsp3) is 0.400. The van der Waals surface area contributed by atoms with Gasteiger partial charge < -0.3 is 10.1 Å². The van der Waals surface area contributed by atoms with Crippen molar-refractivity contribution in [1.29, 1.82) is 0 Å². The lowest BCUT2D eigenvalue weighted by Crippen LogP contribution is -2.41. The molecular formula is C15H16Cl2N2O4. The third kappa shape index (κ3) is 4.36. The van der Waals surface area contributed by atoms with Gasteiger partial charge in [-0.25, -0.2) is 4.79 Å². The van der Waals surface area contributed by atoms with Crippen LogP contribution in [0.4, 0.5) is 4.79 Å². The third-order valence-electron chi connectivity index (χ3n) is 3.59. The summed E-state index contributed by atoms with van der Waals surface area (Å²) in [4.78, 5) is 34.9. The topological polar surface area (TPSA) is 84.5 Å². The van der Waals surface area contributed by atoms with Crippen molar-refractivity contribution < 1.29 is 19.1 Å². The highest BCUT2D eigenvalue weighted by Crippen LogP contribution is 2.64. The predicted molar refractivity (Wildman–Crippen MR) is 84.9 cm³/mol. The van der Waals surface area contributed by atoms with Gasteiger partial charge in [0.25, 0.3) is 5.91 Å². The van der Waals surface area contributed by atoms with E-state index < -0.39 is 34.3 Å². The minimum absolute atomic E-state index is 0.265. The molecule has 1 aromatic rings. The molecule has 1 saturated carbocycles. The van der Waals surface area contributed by atoms with Crippen molar-refractivity contribution >= 4 is 41.1 Å². The molecule has 1 aromatic carbocycles. The van der Waals surface area contributed by atoms with Gasteiger partial charge in [-0.1, -0.05) is 30.3 Å². The monoisotopic (exact) mass is 358 g/mol. The van der Waals surface area contributed by atoms with Crippen LogP contribution in [0.3, 0.4) is 0 Å². The molecule has 0 spiro atoms. The molecule has 1 fully saturated rings. The Bertz CT molecular complexity index is 621. The molecule has 0 aromatic heterocycles. The smallest absolute Gasteiger partial charge is 0.321 e. The van der Waals surface area contributed by atoms with Crippen molar-refractivity contribution in [3.63, 3.8) is 0 Å². The van der Waals surface area contributed by atoms with Gasteiger partial charge in [0.15, 0.2) is 6.61 Å². The minimum Gasteiger partial charge on any atom is -0.455 e. The lowest BCUT2D eigenvalue weighted by molar-refractivity contribution is -0.153. The number of carbonyl (C=O) groups excluding carboxylic acids is 3. The number of rotatable bonds is 5. The highest BCUT2D eigenvalue weighted by molar-refractivity contribution is 6.53. The molecule has 6 nitrogen and oxygen atoms in total. The van der Waals surface area contributed by atoms with Gasteiger partial charge in [0, 0.05) is 13.0 Å². The summed E-state index contributed by atoms with van der Waals surface area (Å²) < 4.78 is 3.67. The summed E-state index contributed by atoms with van der Waals surface area (Å²) in [6, 6.07) is 8.54. The first kappa shape index (κ1) is 17.6. The Morgan fingerprint density at radius 3 is 2.39 bits per heavy atom. The Hall–Kier alpha value is -1.79.